The van der Waals surface area contributed by atoms with Crippen LogP contribution in [0.15, 0.2) is 53.4 Å². The zero-order valence-corrected chi connectivity index (χ0v) is 19.0. The number of morpholine rings is 1. The predicted molar refractivity (Wildman–Crippen MR) is 121 cm³/mol. The van der Waals surface area contributed by atoms with E-state index in [0.717, 1.165) is 38.4 Å². The minimum atomic E-state index is -3.41. The SMILES string of the molecule is CCN(CC)S(=O)(=O)c1ccc(C(C)NCc2ccc(N3CCOCC3)cc2)cc1. The summed E-state index contributed by atoms with van der Waals surface area (Å²) in [4.78, 5) is 2.69. The maximum absolute atomic E-state index is 12.6. The van der Waals surface area contributed by atoms with Crippen molar-refractivity contribution in [3.8, 4) is 0 Å². The monoisotopic (exact) mass is 431 g/mol. The van der Waals surface area contributed by atoms with E-state index in [1.165, 1.54) is 15.6 Å². The molecule has 0 bridgehead atoms. The molecular formula is C23H33N3O3S. The van der Waals surface area contributed by atoms with Gasteiger partial charge < -0.3 is 15.0 Å². The van der Waals surface area contributed by atoms with Crippen LogP contribution in [0.2, 0.25) is 0 Å². The fourth-order valence-corrected chi connectivity index (χ4v) is 5.13. The number of nitrogens with zero attached hydrogens (tertiary/aromatic N) is 2. The van der Waals surface area contributed by atoms with Gasteiger partial charge in [-0.25, -0.2) is 8.42 Å². The average molecular weight is 432 g/mol. The first-order valence-electron chi connectivity index (χ1n) is 10.7. The first-order valence-corrected chi connectivity index (χ1v) is 12.1. The summed E-state index contributed by atoms with van der Waals surface area (Å²) in [5, 5.41) is 3.52. The number of rotatable bonds is 9. The summed E-state index contributed by atoms with van der Waals surface area (Å²) in [6.45, 7) is 11.0. The van der Waals surface area contributed by atoms with Crippen LogP contribution in [0.4, 0.5) is 5.69 Å². The lowest BCUT2D eigenvalue weighted by Gasteiger charge is -2.29. The Morgan fingerprint density at radius 3 is 2.17 bits per heavy atom. The lowest BCUT2D eigenvalue weighted by Crippen LogP contribution is -2.36. The summed E-state index contributed by atoms with van der Waals surface area (Å²) in [5.74, 6) is 0. The highest BCUT2D eigenvalue weighted by Crippen LogP contribution is 2.21. The molecule has 0 spiro atoms. The Kier molecular flexibility index (Phi) is 7.88. The van der Waals surface area contributed by atoms with Crippen LogP contribution in [0, 0.1) is 0 Å². The Morgan fingerprint density at radius 1 is 1.00 bits per heavy atom. The van der Waals surface area contributed by atoms with Gasteiger partial charge in [0.05, 0.1) is 18.1 Å². The van der Waals surface area contributed by atoms with Gasteiger partial charge in [0, 0.05) is 44.5 Å². The van der Waals surface area contributed by atoms with E-state index in [1.54, 1.807) is 12.1 Å². The number of sulfonamides is 1. The van der Waals surface area contributed by atoms with Crippen LogP contribution >= 0.6 is 0 Å². The standard InChI is InChI=1S/C23H33N3O3S/c1-4-26(5-2)30(27,28)23-12-8-21(9-13-23)19(3)24-18-20-6-10-22(11-7-20)25-14-16-29-17-15-25/h6-13,19,24H,4-5,14-18H2,1-3H3. The van der Waals surface area contributed by atoms with Crippen LogP contribution in [0.1, 0.15) is 37.9 Å². The van der Waals surface area contributed by atoms with Crippen molar-refractivity contribution < 1.29 is 13.2 Å². The molecule has 2 aromatic rings. The molecular weight excluding hydrogens is 398 g/mol. The summed E-state index contributed by atoms with van der Waals surface area (Å²) >= 11 is 0. The highest BCUT2D eigenvalue weighted by Gasteiger charge is 2.21. The molecule has 164 valence electrons. The molecule has 2 aromatic carbocycles. The van der Waals surface area contributed by atoms with Gasteiger partial charge in [0.2, 0.25) is 10.0 Å². The van der Waals surface area contributed by atoms with E-state index in [2.05, 4.69) is 41.4 Å². The summed E-state index contributed by atoms with van der Waals surface area (Å²) in [7, 11) is -3.41. The number of benzene rings is 2. The van der Waals surface area contributed by atoms with Crippen molar-refractivity contribution in [2.75, 3.05) is 44.3 Å². The molecule has 0 saturated carbocycles. The molecule has 1 aliphatic rings. The third kappa shape index (κ3) is 5.40. The van der Waals surface area contributed by atoms with Crippen LogP contribution in [0.5, 0.6) is 0 Å². The highest BCUT2D eigenvalue weighted by molar-refractivity contribution is 7.89. The molecule has 0 amide bonds. The number of anilines is 1. The Hall–Kier alpha value is -1.93. The summed E-state index contributed by atoms with van der Waals surface area (Å²) in [6, 6.07) is 16.0. The second-order valence-corrected chi connectivity index (χ2v) is 9.46. The molecule has 6 nitrogen and oxygen atoms in total. The van der Waals surface area contributed by atoms with Crippen molar-refractivity contribution >= 4 is 15.7 Å². The van der Waals surface area contributed by atoms with Crippen molar-refractivity contribution in [1.29, 1.82) is 0 Å². The molecule has 1 fully saturated rings. The van der Waals surface area contributed by atoms with E-state index in [1.807, 2.05) is 26.0 Å². The van der Waals surface area contributed by atoms with E-state index in [0.29, 0.717) is 18.0 Å². The molecule has 1 atom stereocenters. The van der Waals surface area contributed by atoms with Crippen LogP contribution in [-0.4, -0.2) is 52.1 Å². The third-order valence-electron chi connectivity index (χ3n) is 5.65. The van der Waals surface area contributed by atoms with Gasteiger partial charge in [0.25, 0.3) is 0 Å². The predicted octanol–water partition coefficient (Wildman–Crippen LogP) is 3.40. The van der Waals surface area contributed by atoms with Crippen LogP contribution in [0.3, 0.4) is 0 Å². The number of nitrogens with one attached hydrogen (secondary N) is 1. The van der Waals surface area contributed by atoms with E-state index >= 15 is 0 Å². The van der Waals surface area contributed by atoms with Gasteiger partial charge in [-0.05, 0) is 42.3 Å². The molecule has 7 heteroatoms. The summed E-state index contributed by atoms with van der Waals surface area (Å²) in [5.41, 5.74) is 3.53. The molecule has 1 saturated heterocycles. The van der Waals surface area contributed by atoms with Crippen molar-refractivity contribution in [2.45, 2.75) is 38.3 Å². The molecule has 0 aromatic heterocycles. The van der Waals surface area contributed by atoms with Crippen LogP contribution in [0.25, 0.3) is 0 Å². The highest BCUT2D eigenvalue weighted by atomic mass is 32.2. The van der Waals surface area contributed by atoms with E-state index in [-0.39, 0.29) is 6.04 Å². The minimum Gasteiger partial charge on any atom is -0.378 e. The Labute approximate surface area is 180 Å². The Balaban J connectivity index is 1.57. The van der Waals surface area contributed by atoms with Gasteiger partial charge in [0.1, 0.15) is 0 Å². The summed E-state index contributed by atoms with van der Waals surface area (Å²) < 4.78 is 32.1. The van der Waals surface area contributed by atoms with Crippen molar-refractivity contribution in [2.24, 2.45) is 0 Å². The van der Waals surface area contributed by atoms with Crippen molar-refractivity contribution in [1.82, 2.24) is 9.62 Å². The second kappa shape index (κ2) is 10.4. The normalized spacial score (nSPS) is 16.1. The fraction of sp³-hybridized carbons (Fsp3) is 0.478. The van der Waals surface area contributed by atoms with Gasteiger partial charge in [0.15, 0.2) is 0 Å². The van der Waals surface area contributed by atoms with Crippen molar-refractivity contribution in [3.05, 3.63) is 59.7 Å². The first-order chi connectivity index (χ1) is 14.5. The lowest BCUT2D eigenvalue weighted by molar-refractivity contribution is 0.122. The fourth-order valence-electron chi connectivity index (χ4n) is 3.68. The van der Waals surface area contributed by atoms with Crippen LogP contribution in [-0.2, 0) is 21.3 Å². The van der Waals surface area contributed by atoms with E-state index in [9.17, 15) is 8.42 Å². The molecule has 0 aliphatic carbocycles. The van der Waals surface area contributed by atoms with Gasteiger partial charge in [-0.15, -0.1) is 0 Å². The largest absolute Gasteiger partial charge is 0.378 e. The number of ether oxygens (including phenoxy) is 1. The van der Waals surface area contributed by atoms with Gasteiger partial charge in [-0.2, -0.15) is 4.31 Å². The molecule has 30 heavy (non-hydrogen) atoms. The van der Waals surface area contributed by atoms with Gasteiger partial charge >= 0.3 is 0 Å². The molecule has 1 heterocycles. The topological polar surface area (TPSA) is 61.9 Å². The zero-order chi connectivity index (χ0) is 21.6. The second-order valence-electron chi connectivity index (χ2n) is 7.53. The molecule has 1 N–H and O–H groups in total. The Bertz CT molecular complexity index is 888. The molecule has 1 unspecified atom stereocenters. The van der Waals surface area contributed by atoms with Gasteiger partial charge in [-0.3, -0.25) is 0 Å². The maximum Gasteiger partial charge on any atom is 0.243 e. The number of hydrogen-bond donors (Lipinski definition) is 1. The molecule has 0 radical (unpaired) electrons. The lowest BCUT2D eigenvalue weighted by atomic mass is 10.1. The Morgan fingerprint density at radius 2 is 1.60 bits per heavy atom. The van der Waals surface area contributed by atoms with Crippen molar-refractivity contribution in [3.63, 3.8) is 0 Å². The molecule has 3 rings (SSSR count). The summed E-state index contributed by atoms with van der Waals surface area (Å²) in [6.07, 6.45) is 0. The minimum absolute atomic E-state index is 0.120. The molecule has 1 aliphatic heterocycles. The maximum atomic E-state index is 12.6. The zero-order valence-electron chi connectivity index (χ0n) is 18.2. The van der Waals surface area contributed by atoms with Crippen LogP contribution < -0.4 is 10.2 Å². The first kappa shape index (κ1) is 22.7. The smallest absolute Gasteiger partial charge is 0.243 e. The number of hydrogen-bond acceptors (Lipinski definition) is 5. The quantitative estimate of drug-likeness (QED) is 0.659. The third-order valence-corrected chi connectivity index (χ3v) is 7.71. The van der Waals surface area contributed by atoms with E-state index in [4.69, 9.17) is 4.74 Å². The average Bonchev–Trinajstić information content (AvgIpc) is 2.79. The van der Waals surface area contributed by atoms with E-state index < -0.39 is 10.0 Å². The van der Waals surface area contributed by atoms with Gasteiger partial charge in [-0.1, -0.05) is 38.1 Å².